The smallest absolute Gasteiger partial charge is 0.225 e. The number of carbonyl (C=O) groups is 1. The van der Waals surface area contributed by atoms with Gasteiger partial charge in [-0.05, 0) is 40.0 Å². The molecular weight excluding hydrogens is 392 g/mol. The number of rotatable bonds is 8. The van der Waals surface area contributed by atoms with Gasteiger partial charge < -0.3 is 20.3 Å². The van der Waals surface area contributed by atoms with Crippen molar-refractivity contribution in [3.05, 3.63) is 17.0 Å². The molecule has 0 radical (unpaired) electrons. The Morgan fingerprint density at radius 1 is 1.23 bits per heavy atom. The predicted octanol–water partition coefficient (Wildman–Crippen LogP) is 2.38. The first-order valence-corrected chi connectivity index (χ1v) is 11.9. The highest BCUT2D eigenvalue weighted by Crippen LogP contribution is 2.26. The molecule has 1 amide bonds. The van der Waals surface area contributed by atoms with Gasteiger partial charge in [0.1, 0.15) is 0 Å². The van der Waals surface area contributed by atoms with Gasteiger partial charge in [-0.15, -0.1) is 0 Å². The number of guanidine groups is 1. The third kappa shape index (κ3) is 6.21. The maximum absolute atomic E-state index is 12.9. The largest absolute Gasteiger partial charge is 0.383 e. The van der Waals surface area contributed by atoms with E-state index in [4.69, 9.17) is 9.73 Å². The Morgan fingerprint density at radius 2 is 2.00 bits per heavy atom. The number of ether oxygens (including phenoxy) is 1. The lowest BCUT2D eigenvalue weighted by Crippen LogP contribution is -2.45. The summed E-state index contributed by atoms with van der Waals surface area (Å²) in [6.45, 7) is 10.6. The van der Waals surface area contributed by atoms with Gasteiger partial charge in [-0.1, -0.05) is 19.3 Å². The first-order valence-electron chi connectivity index (χ1n) is 11.9. The number of nitrogens with zero attached hydrogens (tertiary/aromatic N) is 4. The number of hydrogen-bond acceptors (Lipinski definition) is 4. The molecule has 1 aromatic rings. The minimum absolute atomic E-state index is 0.245. The van der Waals surface area contributed by atoms with Crippen molar-refractivity contribution in [2.75, 3.05) is 33.4 Å². The van der Waals surface area contributed by atoms with Gasteiger partial charge in [0.25, 0.3) is 0 Å². The van der Waals surface area contributed by atoms with Crippen molar-refractivity contribution in [1.29, 1.82) is 0 Å². The summed E-state index contributed by atoms with van der Waals surface area (Å²) < 4.78 is 7.18. The van der Waals surface area contributed by atoms with Crippen LogP contribution in [0.15, 0.2) is 4.99 Å². The number of carbonyl (C=O) groups excluding carboxylic acids is 1. The Hall–Kier alpha value is -2.09. The second-order valence-corrected chi connectivity index (χ2v) is 8.81. The molecule has 174 valence electrons. The number of likely N-dealkylation sites (tertiary alicyclic amines) is 1. The lowest BCUT2D eigenvalue weighted by Gasteiger charge is -2.26. The van der Waals surface area contributed by atoms with Crippen molar-refractivity contribution >= 4 is 11.9 Å². The lowest BCUT2D eigenvalue weighted by molar-refractivity contribution is -0.135. The molecule has 1 saturated carbocycles. The Labute approximate surface area is 186 Å². The molecule has 8 heteroatoms. The highest BCUT2D eigenvalue weighted by Gasteiger charge is 2.31. The van der Waals surface area contributed by atoms with Crippen LogP contribution in [0, 0.1) is 19.8 Å². The normalized spacial score (nSPS) is 20.3. The molecule has 0 bridgehead atoms. The van der Waals surface area contributed by atoms with Gasteiger partial charge in [0.05, 0.1) is 25.4 Å². The summed E-state index contributed by atoms with van der Waals surface area (Å²) in [5.74, 6) is 1.42. The van der Waals surface area contributed by atoms with Gasteiger partial charge in [-0.25, -0.2) is 4.99 Å². The molecule has 2 aliphatic rings. The van der Waals surface area contributed by atoms with E-state index in [0.717, 1.165) is 68.4 Å². The molecule has 8 nitrogen and oxygen atoms in total. The van der Waals surface area contributed by atoms with Crippen LogP contribution in [0.4, 0.5) is 0 Å². The summed E-state index contributed by atoms with van der Waals surface area (Å²) in [6.07, 6.45) is 6.77. The fourth-order valence-corrected chi connectivity index (χ4v) is 4.72. The van der Waals surface area contributed by atoms with E-state index in [2.05, 4.69) is 34.5 Å². The lowest BCUT2D eigenvalue weighted by atomic mass is 9.88. The third-order valence-electron chi connectivity index (χ3n) is 6.57. The number of aliphatic imine (C=N–C) groups is 1. The van der Waals surface area contributed by atoms with E-state index in [9.17, 15) is 4.79 Å². The first kappa shape index (κ1) is 23.6. The van der Waals surface area contributed by atoms with E-state index in [1.165, 1.54) is 19.3 Å². The Balaban J connectivity index is 1.58. The van der Waals surface area contributed by atoms with Crippen molar-refractivity contribution in [2.24, 2.45) is 10.9 Å². The topological polar surface area (TPSA) is 83.8 Å². The summed E-state index contributed by atoms with van der Waals surface area (Å²) >= 11 is 0. The first-order chi connectivity index (χ1) is 15.0. The van der Waals surface area contributed by atoms with Crippen LogP contribution in [0.1, 0.15) is 62.4 Å². The Morgan fingerprint density at radius 3 is 2.71 bits per heavy atom. The molecular formula is C23H40N6O2. The minimum atomic E-state index is 0.245. The van der Waals surface area contributed by atoms with Gasteiger partial charge in [-0.2, -0.15) is 5.10 Å². The van der Waals surface area contributed by atoms with E-state index in [-0.39, 0.29) is 12.0 Å². The fraction of sp³-hybridized carbons (Fsp3) is 0.783. The van der Waals surface area contributed by atoms with Crippen molar-refractivity contribution in [3.63, 3.8) is 0 Å². The SMILES string of the molecule is CCNC(=NCc1c(C)nn(CCOC)c1C)NC1CCN(C(=O)C2CCCCC2)C1. The Kier molecular flexibility index (Phi) is 8.75. The van der Waals surface area contributed by atoms with Gasteiger partial charge in [0.15, 0.2) is 5.96 Å². The molecule has 0 spiro atoms. The monoisotopic (exact) mass is 432 g/mol. The van der Waals surface area contributed by atoms with Crippen molar-refractivity contribution in [2.45, 2.75) is 78.4 Å². The zero-order valence-electron chi connectivity index (χ0n) is 19.7. The number of hydrogen-bond donors (Lipinski definition) is 2. The molecule has 3 rings (SSSR count). The van der Waals surface area contributed by atoms with Crippen molar-refractivity contribution in [1.82, 2.24) is 25.3 Å². The number of aromatic nitrogens is 2. The summed E-state index contributed by atoms with van der Waals surface area (Å²) in [6, 6.07) is 0.247. The highest BCUT2D eigenvalue weighted by atomic mass is 16.5. The van der Waals surface area contributed by atoms with Gasteiger partial charge >= 0.3 is 0 Å². The highest BCUT2D eigenvalue weighted by molar-refractivity contribution is 5.81. The molecule has 31 heavy (non-hydrogen) atoms. The second kappa shape index (κ2) is 11.5. The average molecular weight is 433 g/mol. The van der Waals surface area contributed by atoms with Crippen LogP contribution >= 0.6 is 0 Å². The molecule has 2 heterocycles. The zero-order valence-corrected chi connectivity index (χ0v) is 19.7. The standard InChI is InChI=1S/C23H40N6O2/c1-5-24-23(25-15-21-17(2)27-29(18(21)3)13-14-31-4)26-20-11-12-28(16-20)22(30)19-9-7-6-8-10-19/h19-20H,5-16H2,1-4H3,(H2,24,25,26). The van der Waals surface area contributed by atoms with Crippen LogP contribution in [0.5, 0.6) is 0 Å². The fourth-order valence-electron chi connectivity index (χ4n) is 4.72. The number of aryl methyl sites for hydroxylation is 1. The number of amides is 1. The van der Waals surface area contributed by atoms with Crippen LogP contribution in [-0.2, 0) is 22.6 Å². The molecule has 1 atom stereocenters. The second-order valence-electron chi connectivity index (χ2n) is 8.81. The van der Waals surface area contributed by atoms with Crippen LogP contribution in [0.25, 0.3) is 0 Å². The third-order valence-corrected chi connectivity index (χ3v) is 6.57. The number of methoxy groups -OCH3 is 1. The Bertz CT molecular complexity index is 753. The van der Waals surface area contributed by atoms with Crippen LogP contribution < -0.4 is 10.6 Å². The van der Waals surface area contributed by atoms with E-state index in [0.29, 0.717) is 19.1 Å². The molecule has 1 aliphatic heterocycles. The molecule has 1 saturated heterocycles. The summed E-state index contributed by atoms with van der Waals surface area (Å²) in [4.78, 5) is 19.7. The average Bonchev–Trinajstić information content (AvgIpc) is 3.35. The van der Waals surface area contributed by atoms with E-state index in [1.807, 2.05) is 11.6 Å². The maximum Gasteiger partial charge on any atom is 0.225 e. The van der Waals surface area contributed by atoms with Crippen LogP contribution in [0.3, 0.4) is 0 Å². The maximum atomic E-state index is 12.9. The summed E-state index contributed by atoms with van der Waals surface area (Å²) in [7, 11) is 1.71. The molecule has 2 N–H and O–H groups in total. The minimum Gasteiger partial charge on any atom is -0.383 e. The molecule has 0 aromatic carbocycles. The predicted molar refractivity (Wildman–Crippen MR) is 123 cm³/mol. The van der Waals surface area contributed by atoms with E-state index in [1.54, 1.807) is 7.11 Å². The molecule has 1 aromatic heterocycles. The van der Waals surface area contributed by atoms with Gasteiger partial charge in [0, 0.05) is 50.0 Å². The van der Waals surface area contributed by atoms with Gasteiger partial charge in [0.2, 0.25) is 5.91 Å². The van der Waals surface area contributed by atoms with Crippen LogP contribution in [0.2, 0.25) is 0 Å². The summed E-state index contributed by atoms with van der Waals surface area (Å²) in [5, 5.41) is 11.5. The van der Waals surface area contributed by atoms with Gasteiger partial charge in [-0.3, -0.25) is 9.48 Å². The van der Waals surface area contributed by atoms with E-state index >= 15 is 0 Å². The molecule has 2 fully saturated rings. The summed E-state index contributed by atoms with van der Waals surface area (Å²) in [5.41, 5.74) is 3.31. The number of nitrogens with one attached hydrogen (secondary N) is 2. The molecule has 1 unspecified atom stereocenters. The van der Waals surface area contributed by atoms with Crippen molar-refractivity contribution in [3.8, 4) is 0 Å². The molecule has 1 aliphatic carbocycles. The van der Waals surface area contributed by atoms with Crippen LogP contribution in [-0.4, -0.2) is 65.9 Å². The van der Waals surface area contributed by atoms with Crippen molar-refractivity contribution < 1.29 is 9.53 Å². The quantitative estimate of drug-likeness (QED) is 0.487. The zero-order chi connectivity index (χ0) is 22.2. The van der Waals surface area contributed by atoms with E-state index < -0.39 is 0 Å².